The molecule has 7 heteroatoms. The molecule has 2 heterocycles. The fraction of sp³-hybridized carbons (Fsp3) is 0.364. The molecule has 2 aromatic heterocycles. The van der Waals surface area contributed by atoms with Crippen LogP contribution in [0.1, 0.15) is 6.92 Å². The van der Waals surface area contributed by atoms with Gasteiger partial charge in [0.1, 0.15) is 6.54 Å². The SMILES string of the molecule is CCn1ccc2c(c(I)cn2CC(F)(F)F)c1=O. The van der Waals surface area contributed by atoms with Crippen molar-refractivity contribution in [2.24, 2.45) is 0 Å². The predicted molar refractivity (Wildman–Crippen MR) is 70.6 cm³/mol. The van der Waals surface area contributed by atoms with Crippen molar-refractivity contribution >= 4 is 33.5 Å². The first-order valence-electron chi connectivity index (χ1n) is 5.28. The number of rotatable bonds is 2. The zero-order valence-corrected chi connectivity index (χ0v) is 11.6. The summed E-state index contributed by atoms with van der Waals surface area (Å²) in [6, 6.07) is 1.55. The molecule has 0 fully saturated rings. The second-order valence-corrected chi connectivity index (χ2v) is 5.05. The zero-order chi connectivity index (χ0) is 13.5. The minimum atomic E-state index is -4.30. The first-order chi connectivity index (χ1) is 8.33. The number of aryl methyl sites for hydroxylation is 1. The van der Waals surface area contributed by atoms with Crippen molar-refractivity contribution in [2.75, 3.05) is 0 Å². The van der Waals surface area contributed by atoms with Crippen LogP contribution in [0.15, 0.2) is 23.3 Å². The van der Waals surface area contributed by atoms with Gasteiger partial charge in [-0.15, -0.1) is 0 Å². The minimum Gasteiger partial charge on any atom is -0.337 e. The third kappa shape index (κ3) is 2.40. The van der Waals surface area contributed by atoms with Gasteiger partial charge >= 0.3 is 6.18 Å². The molecule has 0 aromatic carbocycles. The maximum absolute atomic E-state index is 12.4. The van der Waals surface area contributed by atoms with E-state index in [0.29, 0.717) is 21.0 Å². The molecule has 2 aromatic rings. The number of halogens is 4. The molecule has 0 unspecified atom stereocenters. The molecule has 0 aliphatic heterocycles. The Kier molecular flexibility index (Phi) is 3.43. The van der Waals surface area contributed by atoms with Crippen molar-refractivity contribution in [2.45, 2.75) is 26.2 Å². The third-order valence-corrected chi connectivity index (χ3v) is 3.47. The van der Waals surface area contributed by atoms with Crippen molar-refractivity contribution in [1.29, 1.82) is 0 Å². The van der Waals surface area contributed by atoms with Gasteiger partial charge in [-0.1, -0.05) is 0 Å². The summed E-state index contributed by atoms with van der Waals surface area (Å²) >= 11 is 1.89. The monoisotopic (exact) mass is 370 g/mol. The predicted octanol–water partition coefficient (Wildman–Crippen LogP) is 2.99. The molecular weight excluding hydrogens is 360 g/mol. The molecule has 98 valence electrons. The van der Waals surface area contributed by atoms with Crippen LogP contribution < -0.4 is 5.56 Å². The Bertz CT molecular complexity index is 642. The van der Waals surface area contributed by atoms with Gasteiger partial charge in [0.15, 0.2) is 0 Å². The molecule has 0 amide bonds. The fourth-order valence-electron chi connectivity index (χ4n) is 1.87. The maximum atomic E-state index is 12.4. The molecule has 0 aliphatic carbocycles. The second kappa shape index (κ2) is 4.60. The molecular formula is C11H10F3IN2O. The van der Waals surface area contributed by atoms with Crippen molar-refractivity contribution < 1.29 is 13.2 Å². The summed E-state index contributed by atoms with van der Waals surface area (Å²) in [4.78, 5) is 12.0. The highest BCUT2D eigenvalue weighted by Gasteiger charge is 2.29. The van der Waals surface area contributed by atoms with Gasteiger partial charge in [-0.05, 0) is 35.6 Å². The van der Waals surface area contributed by atoms with Gasteiger partial charge < -0.3 is 9.13 Å². The molecule has 0 bridgehead atoms. The lowest BCUT2D eigenvalue weighted by Gasteiger charge is -2.09. The maximum Gasteiger partial charge on any atom is 0.406 e. The second-order valence-electron chi connectivity index (χ2n) is 3.89. The van der Waals surface area contributed by atoms with Gasteiger partial charge in [0.2, 0.25) is 0 Å². The third-order valence-electron chi connectivity index (χ3n) is 2.65. The van der Waals surface area contributed by atoms with E-state index in [-0.39, 0.29) is 5.56 Å². The lowest BCUT2D eigenvalue weighted by molar-refractivity contribution is -0.139. The van der Waals surface area contributed by atoms with Gasteiger partial charge in [-0.2, -0.15) is 13.2 Å². The number of nitrogens with zero attached hydrogens (tertiary/aromatic N) is 2. The Hall–Kier alpha value is -0.990. The first-order valence-corrected chi connectivity index (χ1v) is 6.36. The van der Waals surface area contributed by atoms with Gasteiger partial charge in [-0.25, -0.2) is 0 Å². The molecule has 3 nitrogen and oxygen atoms in total. The Morgan fingerprint density at radius 1 is 1.33 bits per heavy atom. The zero-order valence-electron chi connectivity index (χ0n) is 9.46. The summed E-state index contributed by atoms with van der Waals surface area (Å²) < 4.78 is 40.3. The Morgan fingerprint density at radius 2 is 2.00 bits per heavy atom. The van der Waals surface area contributed by atoms with E-state index in [9.17, 15) is 18.0 Å². The summed E-state index contributed by atoms with van der Waals surface area (Å²) in [7, 11) is 0. The average Bonchev–Trinajstić information content (AvgIpc) is 2.54. The molecule has 0 spiro atoms. The van der Waals surface area contributed by atoms with E-state index in [1.54, 1.807) is 6.07 Å². The molecule has 2 rings (SSSR count). The van der Waals surface area contributed by atoms with Gasteiger partial charge in [0.25, 0.3) is 5.56 Å². The van der Waals surface area contributed by atoms with E-state index in [2.05, 4.69) is 0 Å². The van der Waals surface area contributed by atoms with Crippen LogP contribution in [0.5, 0.6) is 0 Å². The lowest BCUT2D eigenvalue weighted by Crippen LogP contribution is -2.20. The highest BCUT2D eigenvalue weighted by molar-refractivity contribution is 14.1. The Morgan fingerprint density at radius 3 is 2.56 bits per heavy atom. The van der Waals surface area contributed by atoms with E-state index < -0.39 is 12.7 Å². The number of hydrogen-bond acceptors (Lipinski definition) is 1. The average molecular weight is 370 g/mol. The van der Waals surface area contributed by atoms with Crippen LogP contribution >= 0.6 is 22.6 Å². The van der Waals surface area contributed by atoms with Gasteiger partial charge in [0, 0.05) is 22.5 Å². The molecule has 0 saturated carbocycles. The molecule has 18 heavy (non-hydrogen) atoms. The number of alkyl halides is 3. The van der Waals surface area contributed by atoms with Crippen LogP contribution in [0.3, 0.4) is 0 Å². The van der Waals surface area contributed by atoms with Crippen molar-refractivity contribution in [3.63, 3.8) is 0 Å². The minimum absolute atomic E-state index is 0.250. The summed E-state index contributed by atoms with van der Waals surface area (Å²) in [5, 5.41) is 0.351. The van der Waals surface area contributed by atoms with Crippen LogP contribution in [0.4, 0.5) is 13.2 Å². The number of pyridine rings is 1. The van der Waals surface area contributed by atoms with Gasteiger partial charge in [0.05, 0.1) is 10.9 Å². The molecule has 0 N–H and O–H groups in total. The van der Waals surface area contributed by atoms with E-state index in [1.807, 2.05) is 29.5 Å². The summed E-state index contributed by atoms with van der Waals surface area (Å²) in [6.07, 6.45) is -1.41. The number of aromatic nitrogens is 2. The lowest BCUT2D eigenvalue weighted by atomic mass is 10.3. The normalized spacial score (nSPS) is 12.3. The number of fused-ring (bicyclic) bond motifs is 1. The van der Waals surface area contributed by atoms with Crippen LogP contribution in [-0.2, 0) is 13.1 Å². The topological polar surface area (TPSA) is 26.9 Å². The first kappa shape index (κ1) is 13.4. The van der Waals surface area contributed by atoms with Crippen LogP contribution in [0.25, 0.3) is 10.9 Å². The molecule has 0 aliphatic rings. The molecule has 0 radical (unpaired) electrons. The highest BCUT2D eigenvalue weighted by atomic mass is 127. The van der Waals surface area contributed by atoms with Crippen molar-refractivity contribution in [3.05, 3.63) is 32.4 Å². The summed E-state index contributed by atoms with van der Waals surface area (Å²) in [5.41, 5.74) is 0.0757. The number of hydrogen-bond donors (Lipinski definition) is 0. The van der Waals surface area contributed by atoms with Crippen LogP contribution in [0, 0.1) is 3.57 Å². The van der Waals surface area contributed by atoms with E-state index in [1.165, 1.54) is 17.0 Å². The largest absolute Gasteiger partial charge is 0.406 e. The highest BCUT2D eigenvalue weighted by Crippen LogP contribution is 2.24. The van der Waals surface area contributed by atoms with E-state index >= 15 is 0 Å². The quantitative estimate of drug-likeness (QED) is 0.747. The van der Waals surface area contributed by atoms with E-state index in [0.717, 1.165) is 4.57 Å². The smallest absolute Gasteiger partial charge is 0.337 e. The van der Waals surface area contributed by atoms with E-state index in [4.69, 9.17) is 0 Å². The van der Waals surface area contributed by atoms with Crippen LogP contribution in [0.2, 0.25) is 0 Å². The molecule has 0 atom stereocenters. The summed E-state index contributed by atoms with van der Waals surface area (Å²) in [6.45, 7) is 1.23. The fourth-order valence-corrected chi connectivity index (χ4v) is 2.72. The van der Waals surface area contributed by atoms with Crippen molar-refractivity contribution in [3.8, 4) is 0 Å². The Labute approximate surface area is 114 Å². The summed E-state index contributed by atoms with van der Waals surface area (Å²) in [5.74, 6) is 0. The molecule has 0 saturated heterocycles. The van der Waals surface area contributed by atoms with Gasteiger partial charge in [-0.3, -0.25) is 4.79 Å². The Balaban J connectivity index is 2.67. The van der Waals surface area contributed by atoms with Crippen LogP contribution in [-0.4, -0.2) is 15.3 Å². The van der Waals surface area contributed by atoms with Crippen molar-refractivity contribution in [1.82, 2.24) is 9.13 Å². The standard InChI is InChI=1S/C11H10F3IN2O/c1-2-16-4-3-8-9(10(16)18)7(15)5-17(8)6-11(12,13)14/h3-5H,2,6H2,1H3.